The fraction of sp³-hybridized carbons (Fsp3) is 0.235. The highest BCUT2D eigenvalue weighted by Crippen LogP contribution is 2.18. The van der Waals surface area contributed by atoms with Crippen LogP contribution in [0.1, 0.15) is 26.3 Å². The number of ether oxygens (including phenoxy) is 1. The van der Waals surface area contributed by atoms with E-state index >= 15 is 0 Å². The van der Waals surface area contributed by atoms with Crippen LogP contribution in [0.3, 0.4) is 0 Å². The third-order valence-corrected chi connectivity index (χ3v) is 2.46. The molecule has 1 N–H and O–H groups in total. The molecule has 3 heteroatoms. The van der Waals surface area contributed by atoms with Crippen LogP contribution in [-0.2, 0) is 0 Å². The Kier molecular flexibility index (Phi) is 4.41. The maximum Gasteiger partial charge on any atom is 0.120 e. The summed E-state index contributed by atoms with van der Waals surface area (Å²) in [5.41, 5.74) is 4.75. The number of benzene rings is 2. The van der Waals surface area contributed by atoms with Gasteiger partial charge in [0.05, 0.1) is 11.9 Å². The van der Waals surface area contributed by atoms with E-state index in [0.29, 0.717) is 0 Å². The number of rotatable bonds is 4. The predicted molar refractivity (Wildman–Crippen MR) is 84.5 cm³/mol. The summed E-state index contributed by atoms with van der Waals surface area (Å²) in [5, 5.41) is 4.22. The van der Waals surface area contributed by atoms with Gasteiger partial charge in [-0.2, -0.15) is 5.10 Å². The molecule has 0 unspecified atom stereocenters. The zero-order valence-corrected chi connectivity index (χ0v) is 12.1. The van der Waals surface area contributed by atoms with Crippen LogP contribution in [0.2, 0.25) is 0 Å². The molecule has 3 nitrogen and oxygen atoms in total. The van der Waals surface area contributed by atoms with E-state index in [0.717, 1.165) is 17.0 Å². The molecule has 0 amide bonds. The summed E-state index contributed by atoms with van der Waals surface area (Å²) in [6.45, 7) is 6.10. The van der Waals surface area contributed by atoms with E-state index in [1.165, 1.54) is 0 Å². The van der Waals surface area contributed by atoms with Crippen LogP contribution in [0.25, 0.3) is 0 Å². The summed E-state index contributed by atoms with van der Waals surface area (Å²) < 4.78 is 5.82. The molecule has 0 saturated heterocycles. The Bertz CT molecular complexity index is 571. The van der Waals surface area contributed by atoms with E-state index in [2.05, 4.69) is 10.5 Å². The Balaban J connectivity index is 2.01. The van der Waals surface area contributed by atoms with Gasteiger partial charge < -0.3 is 4.74 Å². The van der Waals surface area contributed by atoms with Crippen LogP contribution in [-0.4, -0.2) is 11.8 Å². The topological polar surface area (TPSA) is 33.6 Å². The van der Waals surface area contributed by atoms with E-state index in [-0.39, 0.29) is 5.60 Å². The molecule has 0 aliphatic heterocycles. The quantitative estimate of drug-likeness (QED) is 0.662. The number of hydrogen-bond donors (Lipinski definition) is 1. The largest absolute Gasteiger partial charge is 0.488 e. The second-order valence-electron chi connectivity index (χ2n) is 5.52. The van der Waals surface area contributed by atoms with Gasteiger partial charge in [0, 0.05) is 0 Å². The molecule has 0 bridgehead atoms. The Hall–Kier alpha value is -2.29. The molecule has 2 aromatic carbocycles. The van der Waals surface area contributed by atoms with Gasteiger partial charge in [-0.25, -0.2) is 0 Å². The molecule has 2 rings (SSSR count). The van der Waals surface area contributed by atoms with Crippen LogP contribution in [0, 0.1) is 0 Å². The van der Waals surface area contributed by atoms with E-state index in [1.54, 1.807) is 6.21 Å². The van der Waals surface area contributed by atoms with Crippen molar-refractivity contribution in [3.63, 3.8) is 0 Å². The third kappa shape index (κ3) is 4.76. The van der Waals surface area contributed by atoms with Gasteiger partial charge in [-0.1, -0.05) is 30.3 Å². The zero-order valence-electron chi connectivity index (χ0n) is 12.1. The van der Waals surface area contributed by atoms with Crippen molar-refractivity contribution in [2.24, 2.45) is 5.10 Å². The van der Waals surface area contributed by atoms with Crippen LogP contribution < -0.4 is 10.2 Å². The minimum atomic E-state index is -0.196. The van der Waals surface area contributed by atoms with Crippen molar-refractivity contribution < 1.29 is 4.74 Å². The highest BCUT2D eigenvalue weighted by molar-refractivity contribution is 5.80. The number of nitrogens with one attached hydrogen (secondary N) is 1. The summed E-state index contributed by atoms with van der Waals surface area (Å²) in [4.78, 5) is 0. The number of hydrogen-bond acceptors (Lipinski definition) is 3. The lowest BCUT2D eigenvalue weighted by atomic mass is 10.2. The van der Waals surface area contributed by atoms with Crippen molar-refractivity contribution in [3.8, 4) is 5.75 Å². The molecule has 0 aliphatic carbocycles. The fourth-order valence-electron chi connectivity index (χ4n) is 1.71. The first kappa shape index (κ1) is 14.1. The number of hydrazone groups is 1. The second kappa shape index (κ2) is 6.24. The van der Waals surface area contributed by atoms with Crippen molar-refractivity contribution in [1.82, 2.24) is 0 Å². The van der Waals surface area contributed by atoms with E-state index in [1.807, 2.05) is 75.4 Å². The minimum absolute atomic E-state index is 0.196. The number of nitrogens with zero attached hydrogens (tertiary/aromatic N) is 1. The first-order chi connectivity index (χ1) is 9.53. The van der Waals surface area contributed by atoms with Crippen LogP contribution in [0.4, 0.5) is 5.69 Å². The molecule has 0 heterocycles. The first-order valence-electron chi connectivity index (χ1n) is 6.66. The summed E-state index contributed by atoms with van der Waals surface area (Å²) in [6.07, 6.45) is 1.78. The van der Waals surface area contributed by atoms with Gasteiger partial charge in [-0.3, -0.25) is 5.43 Å². The molecule has 0 radical (unpaired) electrons. The van der Waals surface area contributed by atoms with Gasteiger partial charge in [-0.05, 0) is 50.6 Å². The molecule has 0 saturated carbocycles. The Morgan fingerprint density at radius 1 is 1.00 bits per heavy atom. The first-order valence-corrected chi connectivity index (χ1v) is 6.66. The van der Waals surface area contributed by atoms with E-state index in [4.69, 9.17) is 4.74 Å². The van der Waals surface area contributed by atoms with Crippen LogP contribution >= 0.6 is 0 Å². The summed E-state index contributed by atoms with van der Waals surface area (Å²) in [6, 6.07) is 17.7. The van der Waals surface area contributed by atoms with Gasteiger partial charge in [0.1, 0.15) is 11.4 Å². The van der Waals surface area contributed by atoms with E-state index in [9.17, 15) is 0 Å². The predicted octanol–water partition coefficient (Wildman–Crippen LogP) is 4.31. The number of anilines is 1. The molecule has 104 valence electrons. The normalized spacial score (nSPS) is 11.6. The Morgan fingerprint density at radius 3 is 2.45 bits per heavy atom. The smallest absolute Gasteiger partial charge is 0.120 e. The Morgan fingerprint density at radius 2 is 1.75 bits per heavy atom. The maximum absolute atomic E-state index is 5.82. The van der Waals surface area contributed by atoms with Crippen molar-refractivity contribution in [2.75, 3.05) is 5.43 Å². The van der Waals surface area contributed by atoms with Gasteiger partial charge in [0.15, 0.2) is 0 Å². The lowest BCUT2D eigenvalue weighted by Gasteiger charge is -2.21. The van der Waals surface area contributed by atoms with Crippen LogP contribution in [0.15, 0.2) is 59.7 Å². The lowest BCUT2D eigenvalue weighted by molar-refractivity contribution is 0.131. The van der Waals surface area contributed by atoms with Gasteiger partial charge in [-0.15, -0.1) is 0 Å². The molecular weight excluding hydrogens is 248 g/mol. The SMILES string of the molecule is CC(C)(C)Oc1cccc(C=NNc2ccccc2)c1. The Labute approximate surface area is 120 Å². The van der Waals surface area contributed by atoms with Crippen molar-refractivity contribution in [3.05, 3.63) is 60.2 Å². The summed E-state index contributed by atoms with van der Waals surface area (Å²) in [7, 11) is 0. The fourth-order valence-corrected chi connectivity index (χ4v) is 1.71. The van der Waals surface area contributed by atoms with E-state index < -0.39 is 0 Å². The highest BCUT2D eigenvalue weighted by atomic mass is 16.5. The molecule has 0 fully saturated rings. The van der Waals surface area contributed by atoms with Crippen LogP contribution in [0.5, 0.6) is 5.75 Å². The number of para-hydroxylation sites is 1. The summed E-state index contributed by atoms with van der Waals surface area (Å²) >= 11 is 0. The monoisotopic (exact) mass is 268 g/mol. The zero-order chi connectivity index (χ0) is 14.4. The van der Waals surface area contributed by atoms with Crippen molar-refractivity contribution >= 4 is 11.9 Å². The highest BCUT2D eigenvalue weighted by Gasteiger charge is 2.11. The molecular formula is C17H20N2O. The molecule has 0 aromatic heterocycles. The molecule has 0 atom stereocenters. The standard InChI is InChI=1S/C17H20N2O/c1-17(2,3)20-16-11-7-8-14(12-16)13-18-19-15-9-5-4-6-10-15/h4-13,19H,1-3H3. The van der Waals surface area contributed by atoms with Crippen molar-refractivity contribution in [1.29, 1.82) is 0 Å². The molecule has 0 spiro atoms. The van der Waals surface area contributed by atoms with Gasteiger partial charge in [0.2, 0.25) is 0 Å². The second-order valence-corrected chi connectivity index (χ2v) is 5.52. The maximum atomic E-state index is 5.82. The summed E-state index contributed by atoms with van der Waals surface area (Å²) in [5.74, 6) is 0.848. The van der Waals surface area contributed by atoms with Gasteiger partial charge in [0.25, 0.3) is 0 Å². The molecule has 20 heavy (non-hydrogen) atoms. The molecule has 2 aromatic rings. The molecule has 0 aliphatic rings. The average molecular weight is 268 g/mol. The minimum Gasteiger partial charge on any atom is -0.488 e. The average Bonchev–Trinajstić information content (AvgIpc) is 2.38. The lowest BCUT2D eigenvalue weighted by Crippen LogP contribution is -2.22. The van der Waals surface area contributed by atoms with Gasteiger partial charge >= 0.3 is 0 Å². The van der Waals surface area contributed by atoms with Crippen molar-refractivity contribution in [2.45, 2.75) is 26.4 Å². The third-order valence-electron chi connectivity index (χ3n) is 2.46.